The molecule has 0 spiro atoms. The lowest BCUT2D eigenvalue weighted by molar-refractivity contribution is -0.113. The number of carbonyl (C=O) groups excluding carboxylic acids is 1. The summed E-state index contributed by atoms with van der Waals surface area (Å²) in [6.07, 6.45) is 7.48. The molecule has 0 aliphatic heterocycles. The van der Waals surface area contributed by atoms with Crippen LogP contribution in [0.5, 0.6) is 5.75 Å². The van der Waals surface area contributed by atoms with Gasteiger partial charge in [-0.1, -0.05) is 47.7 Å². The van der Waals surface area contributed by atoms with E-state index in [1.807, 2.05) is 6.07 Å². The van der Waals surface area contributed by atoms with Gasteiger partial charge in [0.2, 0.25) is 5.91 Å². The van der Waals surface area contributed by atoms with Gasteiger partial charge in [0.1, 0.15) is 5.75 Å². The molecule has 0 saturated carbocycles. The molecule has 1 heterocycles. The van der Waals surface area contributed by atoms with E-state index in [2.05, 4.69) is 21.1 Å². The van der Waals surface area contributed by atoms with Gasteiger partial charge < -0.3 is 10.1 Å². The highest BCUT2D eigenvalue weighted by molar-refractivity contribution is 7.99. The number of halogens is 2. The van der Waals surface area contributed by atoms with Crippen LogP contribution < -0.4 is 15.6 Å². The van der Waals surface area contributed by atoms with E-state index in [-0.39, 0.29) is 22.7 Å². The molecule has 0 bridgehead atoms. The van der Waals surface area contributed by atoms with Gasteiger partial charge >= 0.3 is 6.61 Å². The van der Waals surface area contributed by atoms with Crippen LogP contribution >= 0.6 is 11.8 Å². The molecule has 2 aromatic carbocycles. The van der Waals surface area contributed by atoms with Gasteiger partial charge in [0.05, 0.1) is 22.3 Å². The second-order valence-electron chi connectivity index (χ2n) is 7.94. The van der Waals surface area contributed by atoms with Gasteiger partial charge in [0, 0.05) is 6.54 Å². The standard InChI is InChI=1S/C25H25F2N3O3S/c26-24(27)33-21-13-7-6-12-20(21)28-22(31)16-34-25-29-19-11-5-4-10-18(19)23(32)30(25)15-14-17-8-2-1-3-9-17/h4-8,10-13,24H,1-3,9,14-16H2,(H,28,31). The highest BCUT2D eigenvalue weighted by Crippen LogP contribution is 2.27. The minimum Gasteiger partial charge on any atom is -0.433 e. The summed E-state index contributed by atoms with van der Waals surface area (Å²) in [5.74, 6) is -0.576. The zero-order valence-corrected chi connectivity index (χ0v) is 19.3. The fraction of sp³-hybridized carbons (Fsp3) is 0.320. The van der Waals surface area contributed by atoms with E-state index in [0.717, 1.165) is 37.4 Å². The summed E-state index contributed by atoms with van der Waals surface area (Å²) >= 11 is 1.14. The Morgan fingerprint density at radius 2 is 1.94 bits per heavy atom. The molecule has 0 unspecified atom stereocenters. The number of allylic oxidation sites excluding steroid dienone is 2. The number of aromatic nitrogens is 2. The first-order chi connectivity index (χ1) is 16.5. The maximum Gasteiger partial charge on any atom is 0.387 e. The highest BCUT2D eigenvalue weighted by atomic mass is 32.2. The fourth-order valence-corrected chi connectivity index (χ4v) is 4.75. The molecular formula is C25H25F2N3O3S. The first-order valence-corrected chi connectivity index (χ1v) is 12.1. The monoisotopic (exact) mass is 485 g/mol. The molecule has 0 radical (unpaired) electrons. The number of rotatable bonds is 9. The third-order valence-corrected chi connectivity index (χ3v) is 6.55. The number of alkyl halides is 2. The summed E-state index contributed by atoms with van der Waals surface area (Å²) < 4.78 is 31.4. The van der Waals surface area contributed by atoms with Crippen molar-refractivity contribution in [2.75, 3.05) is 11.1 Å². The first-order valence-electron chi connectivity index (χ1n) is 11.2. The van der Waals surface area contributed by atoms with Gasteiger partial charge in [-0.15, -0.1) is 0 Å². The predicted octanol–water partition coefficient (Wildman–Crippen LogP) is 5.62. The van der Waals surface area contributed by atoms with Crippen molar-refractivity contribution < 1.29 is 18.3 Å². The predicted molar refractivity (Wildman–Crippen MR) is 130 cm³/mol. The lowest BCUT2D eigenvalue weighted by atomic mass is 9.97. The van der Waals surface area contributed by atoms with Crippen molar-refractivity contribution in [2.45, 2.75) is 50.4 Å². The molecule has 34 heavy (non-hydrogen) atoms. The van der Waals surface area contributed by atoms with Crippen molar-refractivity contribution in [1.82, 2.24) is 9.55 Å². The van der Waals surface area contributed by atoms with Crippen LogP contribution in [0.4, 0.5) is 14.5 Å². The number of benzene rings is 2. The van der Waals surface area contributed by atoms with E-state index in [1.54, 1.807) is 34.9 Å². The summed E-state index contributed by atoms with van der Waals surface area (Å²) in [5, 5.41) is 3.58. The Morgan fingerprint density at radius 3 is 2.74 bits per heavy atom. The van der Waals surface area contributed by atoms with Gasteiger partial charge in [-0.05, 0) is 56.4 Å². The molecule has 3 aromatic rings. The van der Waals surface area contributed by atoms with Crippen LogP contribution in [0.2, 0.25) is 0 Å². The molecule has 4 rings (SSSR count). The summed E-state index contributed by atoms with van der Waals surface area (Å²) in [6, 6.07) is 13.1. The van der Waals surface area contributed by atoms with Crippen molar-refractivity contribution in [1.29, 1.82) is 0 Å². The van der Waals surface area contributed by atoms with Crippen LogP contribution in [0.1, 0.15) is 32.1 Å². The maximum atomic E-state index is 13.2. The average molecular weight is 486 g/mol. The summed E-state index contributed by atoms with van der Waals surface area (Å²) in [5.41, 5.74) is 1.93. The number of ether oxygens (including phenoxy) is 1. The molecular weight excluding hydrogens is 460 g/mol. The third-order valence-electron chi connectivity index (χ3n) is 5.58. The van der Waals surface area contributed by atoms with E-state index in [4.69, 9.17) is 0 Å². The molecule has 0 atom stereocenters. The molecule has 6 nitrogen and oxygen atoms in total. The van der Waals surface area contributed by atoms with E-state index in [9.17, 15) is 18.4 Å². The number of nitrogens with one attached hydrogen (secondary N) is 1. The Hall–Kier alpha value is -3.20. The summed E-state index contributed by atoms with van der Waals surface area (Å²) in [7, 11) is 0. The van der Waals surface area contributed by atoms with Crippen molar-refractivity contribution >= 4 is 34.3 Å². The zero-order chi connectivity index (χ0) is 23.9. The number of hydrogen-bond acceptors (Lipinski definition) is 5. The Morgan fingerprint density at radius 1 is 1.15 bits per heavy atom. The minimum absolute atomic E-state index is 0.0451. The number of thioether (sulfide) groups is 1. The van der Waals surface area contributed by atoms with Crippen molar-refractivity contribution in [3.63, 3.8) is 0 Å². The second kappa shape index (κ2) is 11.3. The Bertz CT molecular complexity index is 1260. The molecule has 1 amide bonds. The van der Waals surface area contributed by atoms with E-state index >= 15 is 0 Å². The Kier molecular flexibility index (Phi) is 7.95. The molecule has 1 aliphatic rings. The van der Waals surface area contributed by atoms with E-state index in [0.29, 0.717) is 22.6 Å². The quantitative estimate of drug-likeness (QED) is 0.242. The largest absolute Gasteiger partial charge is 0.433 e. The van der Waals surface area contributed by atoms with Gasteiger partial charge in [0.25, 0.3) is 5.56 Å². The van der Waals surface area contributed by atoms with E-state index < -0.39 is 12.5 Å². The maximum absolute atomic E-state index is 13.2. The topological polar surface area (TPSA) is 73.2 Å². The molecule has 178 valence electrons. The molecule has 0 fully saturated rings. The fourth-order valence-electron chi connectivity index (χ4n) is 3.93. The first kappa shape index (κ1) is 23.9. The average Bonchev–Trinajstić information content (AvgIpc) is 2.84. The van der Waals surface area contributed by atoms with Crippen molar-refractivity contribution in [3.8, 4) is 5.75 Å². The van der Waals surface area contributed by atoms with Crippen LogP contribution in [-0.2, 0) is 11.3 Å². The SMILES string of the molecule is O=C(CSc1nc2ccccc2c(=O)n1CCC1=CCCCC1)Nc1ccccc1OC(F)F. The van der Waals surface area contributed by atoms with Crippen molar-refractivity contribution in [3.05, 3.63) is 70.5 Å². The molecule has 1 aromatic heterocycles. The smallest absolute Gasteiger partial charge is 0.387 e. The molecule has 9 heteroatoms. The normalized spacial score (nSPS) is 13.7. The van der Waals surface area contributed by atoms with E-state index in [1.165, 1.54) is 24.1 Å². The minimum atomic E-state index is -3.00. The lowest BCUT2D eigenvalue weighted by Gasteiger charge is -2.16. The van der Waals surface area contributed by atoms with Crippen LogP contribution in [0.15, 0.2) is 70.1 Å². The van der Waals surface area contributed by atoms with Crippen LogP contribution in [0.25, 0.3) is 10.9 Å². The third kappa shape index (κ3) is 6.02. The number of fused-ring (bicyclic) bond motifs is 1. The summed E-state index contributed by atoms with van der Waals surface area (Å²) in [4.78, 5) is 30.4. The van der Waals surface area contributed by atoms with Crippen LogP contribution in [0, 0.1) is 0 Å². The molecule has 0 saturated heterocycles. The van der Waals surface area contributed by atoms with Crippen molar-refractivity contribution in [2.24, 2.45) is 0 Å². The number of amides is 1. The highest BCUT2D eigenvalue weighted by Gasteiger charge is 2.16. The number of para-hydroxylation sites is 3. The zero-order valence-electron chi connectivity index (χ0n) is 18.5. The number of anilines is 1. The number of carbonyl (C=O) groups is 1. The van der Waals surface area contributed by atoms with Gasteiger partial charge in [0.15, 0.2) is 5.16 Å². The lowest BCUT2D eigenvalue weighted by Crippen LogP contribution is -2.24. The molecule has 1 aliphatic carbocycles. The Balaban J connectivity index is 1.52. The summed E-state index contributed by atoms with van der Waals surface area (Å²) in [6.45, 7) is -2.51. The second-order valence-corrected chi connectivity index (χ2v) is 8.88. The number of nitrogens with zero attached hydrogens (tertiary/aromatic N) is 2. The Labute approximate surface area is 200 Å². The van der Waals surface area contributed by atoms with Crippen LogP contribution in [0.3, 0.4) is 0 Å². The van der Waals surface area contributed by atoms with Gasteiger partial charge in [-0.2, -0.15) is 8.78 Å². The molecule has 1 N–H and O–H groups in total. The van der Waals surface area contributed by atoms with Gasteiger partial charge in [-0.3, -0.25) is 14.2 Å². The van der Waals surface area contributed by atoms with Crippen LogP contribution in [-0.4, -0.2) is 27.8 Å². The number of hydrogen-bond donors (Lipinski definition) is 1. The van der Waals surface area contributed by atoms with Gasteiger partial charge in [-0.25, -0.2) is 4.98 Å².